The highest BCUT2D eigenvalue weighted by Crippen LogP contribution is 2.40. The molecule has 0 spiro atoms. The maximum absolute atomic E-state index is 9.72. The molecule has 3 N–H and O–H groups in total. The highest BCUT2D eigenvalue weighted by molar-refractivity contribution is 5.43. The van der Waals surface area contributed by atoms with E-state index in [1.54, 1.807) is 18.2 Å². The fourth-order valence-electron chi connectivity index (χ4n) is 3.00. The molecule has 0 aliphatic rings. The van der Waals surface area contributed by atoms with Gasteiger partial charge in [0.1, 0.15) is 5.75 Å². The van der Waals surface area contributed by atoms with Gasteiger partial charge in [-0.25, -0.2) is 0 Å². The molecular formula is C18H22O3. The molecule has 0 aliphatic heterocycles. The van der Waals surface area contributed by atoms with Gasteiger partial charge in [-0.2, -0.15) is 0 Å². The SMILES string of the molecule is CC[C@H](c1ccc(O)cc1)[C@@H](CC)c1ccc(O)c(O)c1. The fourth-order valence-corrected chi connectivity index (χ4v) is 3.00. The van der Waals surface area contributed by atoms with Crippen molar-refractivity contribution in [1.82, 2.24) is 0 Å². The second kappa shape index (κ2) is 6.53. The lowest BCUT2D eigenvalue weighted by atomic mass is 9.78. The van der Waals surface area contributed by atoms with Crippen molar-refractivity contribution in [2.45, 2.75) is 38.5 Å². The van der Waals surface area contributed by atoms with Crippen LogP contribution in [-0.2, 0) is 0 Å². The number of benzene rings is 2. The van der Waals surface area contributed by atoms with Crippen molar-refractivity contribution < 1.29 is 15.3 Å². The first-order valence-corrected chi connectivity index (χ1v) is 7.37. The normalized spacial score (nSPS) is 13.8. The summed E-state index contributed by atoms with van der Waals surface area (Å²) in [6.45, 7) is 4.26. The molecule has 2 aromatic carbocycles. The van der Waals surface area contributed by atoms with Crippen LogP contribution in [0, 0.1) is 0 Å². The van der Waals surface area contributed by atoms with Crippen LogP contribution in [0.15, 0.2) is 42.5 Å². The molecule has 0 saturated heterocycles. The molecule has 3 nitrogen and oxygen atoms in total. The number of aromatic hydroxyl groups is 3. The van der Waals surface area contributed by atoms with E-state index in [1.807, 2.05) is 18.2 Å². The predicted molar refractivity (Wildman–Crippen MR) is 83.9 cm³/mol. The molecule has 0 fully saturated rings. The largest absolute Gasteiger partial charge is 0.508 e. The molecule has 0 saturated carbocycles. The van der Waals surface area contributed by atoms with Gasteiger partial charge in [0.25, 0.3) is 0 Å². The lowest BCUT2D eigenvalue weighted by molar-refractivity contribution is 0.401. The summed E-state index contributed by atoms with van der Waals surface area (Å²) >= 11 is 0. The Morgan fingerprint density at radius 2 is 1.24 bits per heavy atom. The van der Waals surface area contributed by atoms with Crippen LogP contribution in [0.1, 0.15) is 49.7 Å². The van der Waals surface area contributed by atoms with E-state index in [9.17, 15) is 15.3 Å². The third-order valence-electron chi connectivity index (χ3n) is 4.11. The quantitative estimate of drug-likeness (QED) is 0.710. The van der Waals surface area contributed by atoms with Crippen molar-refractivity contribution in [1.29, 1.82) is 0 Å². The summed E-state index contributed by atoms with van der Waals surface area (Å²) in [4.78, 5) is 0. The van der Waals surface area contributed by atoms with Crippen molar-refractivity contribution in [2.75, 3.05) is 0 Å². The molecule has 3 heteroatoms. The topological polar surface area (TPSA) is 60.7 Å². The van der Waals surface area contributed by atoms with Crippen LogP contribution >= 0.6 is 0 Å². The van der Waals surface area contributed by atoms with Crippen molar-refractivity contribution in [3.63, 3.8) is 0 Å². The first-order valence-electron chi connectivity index (χ1n) is 7.37. The van der Waals surface area contributed by atoms with Crippen molar-refractivity contribution in [3.8, 4) is 17.2 Å². The average Bonchev–Trinajstić information content (AvgIpc) is 2.49. The molecule has 0 aliphatic carbocycles. The van der Waals surface area contributed by atoms with E-state index in [-0.39, 0.29) is 23.2 Å². The Bertz CT molecular complexity index is 590. The second-order valence-corrected chi connectivity index (χ2v) is 5.37. The van der Waals surface area contributed by atoms with E-state index in [2.05, 4.69) is 13.8 Å². The van der Waals surface area contributed by atoms with Crippen LogP contribution in [-0.4, -0.2) is 15.3 Å². The minimum Gasteiger partial charge on any atom is -0.508 e. The molecule has 0 aromatic heterocycles. The summed E-state index contributed by atoms with van der Waals surface area (Å²) < 4.78 is 0. The Morgan fingerprint density at radius 1 is 0.714 bits per heavy atom. The summed E-state index contributed by atoms with van der Waals surface area (Å²) in [7, 11) is 0. The molecule has 2 aromatic rings. The molecule has 0 amide bonds. The first kappa shape index (κ1) is 15.2. The van der Waals surface area contributed by atoms with Crippen LogP contribution in [0.4, 0.5) is 0 Å². The molecule has 0 bridgehead atoms. The molecule has 21 heavy (non-hydrogen) atoms. The molecule has 0 radical (unpaired) electrons. The highest BCUT2D eigenvalue weighted by Gasteiger charge is 2.22. The first-order chi connectivity index (χ1) is 10.1. The van der Waals surface area contributed by atoms with Crippen molar-refractivity contribution >= 4 is 0 Å². The van der Waals surface area contributed by atoms with Gasteiger partial charge in [-0.1, -0.05) is 32.0 Å². The number of hydrogen-bond acceptors (Lipinski definition) is 3. The maximum atomic E-state index is 9.72. The Balaban J connectivity index is 2.36. The Morgan fingerprint density at radius 3 is 1.76 bits per heavy atom. The summed E-state index contributed by atoms with van der Waals surface area (Å²) in [5.74, 6) is 0.660. The van der Waals surface area contributed by atoms with Gasteiger partial charge in [0.15, 0.2) is 11.5 Å². The van der Waals surface area contributed by atoms with Gasteiger partial charge < -0.3 is 15.3 Å². The van der Waals surface area contributed by atoms with Gasteiger partial charge in [-0.05, 0) is 60.1 Å². The van der Waals surface area contributed by atoms with Crippen LogP contribution in [0.5, 0.6) is 17.2 Å². The van der Waals surface area contributed by atoms with Crippen LogP contribution in [0.2, 0.25) is 0 Å². The van der Waals surface area contributed by atoms with Crippen molar-refractivity contribution in [2.24, 2.45) is 0 Å². The fraction of sp³-hybridized carbons (Fsp3) is 0.333. The van der Waals surface area contributed by atoms with E-state index >= 15 is 0 Å². The predicted octanol–water partition coefficient (Wildman–Crippen LogP) is 4.49. The van der Waals surface area contributed by atoms with Crippen LogP contribution in [0.25, 0.3) is 0 Å². The van der Waals surface area contributed by atoms with Gasteiger partial charge in [0.05, 0.1) is 0 Å². The van der Waals surface area contributed by atoms with Gasteiger partial charge in [0, 0.05) is 0 Å². The molecule has 112 valence electrons. The number of phenolic OH excluding ortho intramolecular Hbond substituents is 3. The van der Waals surface area contributed by atoms with E-state index in [4.69, 9.17) is 0 Å². The molecule has 2 atom stereocenters. The van der Waals surface area contributed by atoms with Crippen LogP contribution in [0.3, 0.4) is 0 Å². The number of phenols is 3. The van der Waals surface area contributed by atoms with Gasteiger partial charge in [0.2, 0.25) is 0 Å². The molecule has 0 heterocycles. The Kier molecular flexibility index (Phi) is 4.73. The van der Waals surface area contributed by atoms with Crippen LogP contribution < -0.4 is 0 Å². The lowest BCUT2D eigenvalue weighted by Gasteiger charge is -2.26. The lowest BCUT2D eigenvalue weighted by Crippen LogP contribution is -2.10. The van der Waals surface area contributed by atoms with E-state index in [1.165, 1.54) is 11.6 Å². The number of hydrogen-bond donors (Lipinski definition) is 3. The second-order valence-electron chi connectivity index (χ2n) is 5.37. The maximum Gasteiger partial charge on any atom is 0.157 e. The Labute approximate surface area is 125 Å². The molecule has 2 rings (SSSR count). The smallest absolute Gasteiger partial charge is 0.157 e. The molecular weight excluding hydrogens is 264 g/mol. The van der Waals surface area contributed by atoms with Gasteiger partial charge in [-0.15, -0.1) is 0 Å². The summed E-state index contributed by atoms with van der Waals surface area (Å²) in [6, 6.07) is 12.4. The number of rotatable bonds is 5. The minimum absolute atomic E-state index is 0.0773. The van der Waals surface area contributed by atoms with E-state index < -0.39 is 0 Å². The van der Waals surface area contributed by atoms with Gasteiger partial charge >= 0.3 is 0 Å². The van der Waals surface area contributed by atoms with Gasteiger partial charge in [-0.3, -0.25) is 0 Å². The zero-order chi connectivity index (χ0) is 15.4. The third-order valence-corrected chi connectivity index (χ3v) is 4.11. The minimum atomic E-state index is -0.0914. The zero-order valence-corrected chi connectivity index (χ0v) is 12.5. The average molecular weight is 286 g/mol. The standard InChI is InChI=1S/C18H22O3/c1-3-15(12-5-8-14(19)9-6-12)16(4-2)13-7-10-17(20)18(21)11-13/h5-11,15-16,19-21H,3-4H2,1-2H3/t15-,16+/m1/s1. The van der Waals surface area contributed by atoms with Crippen molar-refractivity contribution in [3.05, 3.63) is 53.6 Å². The summed E-state index contributed by atoms with van der Waals surface area (Å²) in [6.07, 6.45) is 1.90. The zero-order valence-electron chi connectivity index (χ0n) is 12.5. The Hall–Kier alpha value is -2.16. The highest BCUT2D eigenvalue weighted by atomic mass is 16.3. The van der Waals surface area contributed by atoms with E-state index in [0.717, 1.165) is 18.4 Å². The molecule has 0 unspecified atom stereocenters. The summed E-state index contributed by atoms with van der Waals surface area (Å²) in [5, 5.41) is 28.6. The third kappa shape index (κ3) is 3.30. The monoisotopic (exact) mass is 286 g/mol. The summed E-state index contributed by atoms with van der Waals surface area (Å²) in [5.41, 5.74) is 2.20. The van der Waals surface area contributed by atoms with E-state index in [0.29, 0.717) is 5.92 Å².